The van der Waals surface area contributed by atoms with Crippen molar-refractivity contribution in [2.24, 2.45) is 0 Å². The van der Waals surface area contributed by atoms with Gasteiger partial charge in [-0.2, -0.15) is 0 Å². The molecule has 2 aromatic carbocycles. The van der Waals surface area contributed by atoms with Crippen LogP contribution in [0.2, 0.25) is 0 Å². The molecule has 0 spiro atoms. The monoisotopic (exact) mass is 433 g/mol. The predicted molar refractivity (Wildman–Crippen MR) is 114 cm³/mol. The molecule has 1 unspecified atom stereocenters. The first-order chi connectivity index (χ1) is 14.4. The maximum atomic E-state index is 12.9. The Balaban J connectivity index is 1.74. The quantitative estimate of drug-likeness (QED) is 0.667. The number of nitrogens with one attached hydrogen (secondary N) is 2. The van der Waals surface area contributed by atoms with Crippen LogP contribution in [0.15, 0.2) is 59.5 Å². The summed E-state index contributed by atoms with van der Waals surface area (Å²) in [5.41, 5.74) is -0.185. The number of sulfonamides is 1. The normalized spacial score (nSPS) is 18.9. The molecule has 9 heteroatoms. The van der Waals surface area contributed by atoms with E-state index in [1.54, 1.807) is 73.7 Å². The van der Waals surface area contributed by atoms with Gasteiger partial charge in [0.1, 0.15) is 5.75 Å². The van der Waals surface area contributed by atoms with Crippen molar-refractivity contribution in [3.63, 3.8) is 0 Å². The van der Waals surface area contributed by atoms with Crippen LogP contribution in [0.1, 0.15) is 12.8 Å². The Morgan fingerprint density at radius 1 is 1.13 bits per heavy atom. The summed E-state index contributed by atoms with van der Waals surface area (Å²) < 4.78 is 39.0. The van der Waals surface area contributed by atoms with Crippen LogP contribution in [0.4, 0.5) is 10.5 Å². The van der Waals surface area contributed by atoms with Gasteiger partial charge in [0.05, 0.1) is 17.5 Å². The molecule has 1 aliphatic rings. The molecule has 1 fully saturated rings. The van der Waals surface area contributed by atoms with Crippen molar-refractivity contribution in [2.75, 3.05) is 39.2 Å². The number of carbonyl (C=O) groups excluding carboxylic acids is 1. The van der Waals surface area contributed by atoms with Crippen molar-refractivity contribution in [3.05, 3.63) is 54.6 Å². The zero-order valence-electron chi connectivity index (χ0n) is 17.1. The second kappa shape index (κ2) is 9.46. The molecule has 30 heavy (non-hydrogen) atoms. The molecule has 2 amide bonds. The van der Waals surface area contributed by atoms with E-state index >= 15 is 0 Å². The first-order valence-electron chi connectivity index (χ1n) is 9.65. The highest BCUT2D eigenvalue weighted by atomic mass is 32.2. The van der Waals surface area contributed by atoms with E-state index in [2.05, 4.69) is 10.0 Å². The standard InChI is InChI=1S/C21H27N3O5S/c1-28-14-12-21(23-30(26,27)19-9-4-3-5-10-19)11-13-24(16-21)20(25)22-17-7-6-8-18(15-17)29-2/h3-10,15,23H,11-14,16H2,1-2H3,(H,22,25). The topological polar surface area (TPSA) is 97.0 Å². The highest BCUT2D eigenvalue weighted by Gasteiger charge is 2.42. The molecular weight excluding hydrogens is 406 g/mol. The third-order valence-electron chi connectivity index (χ3n) is 5.15. The zero-order valence-corrected chi connectivity index (χ0v) is 17.9. The minimum atomic E-state index is -3.73. The van der Waals surface area contributed by atoms with Gasteiger partial charge in [-0.15, -0.1) is 0 Å². The minimum Gasteiger partial charge on any atom is -0.497 e. The van der Waals surface area contributed by atoms with Gasteiger partial charge >= 0.3 is 6.03 Å². The van der Waals surface area contributed by atoms with Gasteiger partial charge in [-0.1, -0.05) is 24.3 Å². The Morgan fingerprint density at radius 3 is 2.60 bits per heavy atom. The van der Waals surface area contributed by atoms with Crippen molar-refractivity contribution in [3.8, 4) is 5.75 Å². The minimum absolute atomic E-state index is 0.195. The number of urea groups is 1. The number of hydrogen-bond donors (Lipinski definition) is 2. The summed E-state index contributed by atoms with van der Waals surface area (Å²) in [6, 6.07) is 15.0. The van der Waals surface area contributed by atoms with Gasteiger partial charge in [-0.3, -0.25) is 0 Å². The van der Waals surface area contributed by atoms with Crippen LogP contribution in [-0.2, 0) is 14.8 Å². The molecule has 2 aromatic rings. The number of hydrogen-bond acceptors (Lipinski definition) is 5. The summed E-state index contributed by atoms with van der Waals surface area (Å²) in [6.07, 6.45) is 0.951. The Bertz CT molecular complexity index is 968. The number of anilines is 1. The van der Waals surface area contributed by atoms with Crippen LogP contribution in [0.5, 0.6) is 5.75 Å². The molecule has 1 aliphatic heterocycles. The van der Waals surface area contributed by atoms with Crippen molar-refractivity contribution in [2.45, 2.75) is 23.3 Å². The summed E-state index contributed by atoms with van der Waals surface area (Å²) in [5.74, 6) is 0.638. The van der Waals surface area contributed by atoms with Crippen molar-refractivity contribution < 1.29 is 22.7 Å². The molecule has 3 rings (SSSR count). The van der Waals surface area contributed by atoms with Gasteiger partial charge in [0.2, 0.25) is 10.0 Å². The second-order valence-electron chi connectivity index (χ2n) is 7.28. The van der Waals surface area contributed by atoms with E-state index in [9.17, 15) is 13.2 Å². The Labute approximate surface area is 177 Å². The summed E-state index contributed by atoms with van der Waals surface area (Å²) in [7, 11) is -0.599. The van der Waals surface area contributed by atoms with E-state index in [1.807, 2.05) is 0 Å². The highest BCUT2D eigenvalue weighted by Crippen LogP contribution is 2.28. The van der Waals surface area contributed by atoms with Gasteiger partial charge in [0.25, 0.3) is 0 Å². The molecule has 1 atom stereocenters. The Morgan fingerprint density at radius 2 is 1.90 bits per heavy atom. The first kappa shape index (κ1) is 22.1. The lowest BCUT2D eigenvalue weighted by molar-refractivity contribution is 0.162. The van der Waals surface area contributed by atoms with Crippen LogP contribution >= 0.6 is 0 Å². The molecule has 0 bridgehead atoms. The third-order valence-corrected chi connectivity index (χ3v) is 6.75. The lowest BCUT2D eigenvalue weighted by atomic mass is 9.96. The lowest BCUT2D eigenvalue weighted by Crippen LogP contribution is -2.51. The van der Waals surface area contributed by atoms with E-state index in [1.165, 1.54) is 0 Å². The molecule has 0 radical (unpaired) electrons. The van der Waals surface area contributed by atoms with Gasteiger partial charge in [0.15, 0.2) is 0 Å². The number of rotatable bonds is 8. The maximum absolute atomic E-state index is 12.9. The summed E-state index contributed by atoms with van der Waals surface area (Å²) >= 11 is 0. The maximum Gasteiger partial charge on any atom is 0.321 e. The van der Waals surface area contributed by atoms with Crippen LogP contribution in [0.3, 0.4) is 0 Å². The average Bonchev–Trinajstić information content (AvgIpc) is 3.17. The molecule has 8 nitrogen and oxygen atoms in total. The van der Waals surface area contributed by atoms with Crippen LogP contribution in [0.25, 0.3) is 0 Å². The third kappa shape index (κ3) is 5.29. The molecule has 162 valence electrons. The first-order valence-corrected chi connectivity index (χ1v) is 11.1. The largest absolute Gasteiger partial charge is 0.497 e. The molecule has 1 heterocycles. The lowest BCUT2D eigenvalue weighted by Gasteiger charge is -2.30. The molecule has 0 aromatic heterocycles. The van der Waals surface area contributed by atoms with E-state index in [0.717, 1.165) is 0 Å². The van der Waals surface area contributed by atoms with E-state index in [0.29, 0.717) is 37.4 Å². The van der Waals surface area contributed by atoms with Crippen LogP contribution < -0.4 is 14.8 Å². The smallest absolute Gasteiger partial charge is 0.321 e. The predicted octanol–water partition coefficient (Wildman–Crippen LogP) is 2.69. The zero-order chi connectivity index (χ0) is 21.6. The number of carbonyl (C=O) groups is 1. The van der Waals surface area contributed by atoms with Gasteiger partial charge < -0.3 is 19.7 Å². The van der Waals surface area contributed by atoms with Crippen LogP contribution in [0, 0.1) is 0 Å². The van der Waals surface area contributed by atoms with Gasteiger partial charge in [-0.25, -0.2) is 17.9 Å². The summed E-state index contributed by atoms with van der Waals surface area (Å²) in [6.45, 7) is 1.05. The Kier molecular flexibility index (Phi) is 6.96. The highest BCUT2D eigenvalue weighted by molar-refractivity contribution is 7.89. The Hall–Kier alpha value is -2.62. The average molecular weight is 434 g/mol. The van der Waals surface area contributed by atoms with Crippen molar-refractivity contribution in [1.82, 2.24) is 9.62 Å². The number of benzene rings is 2. The van der Waals surface area contributed by atoms with Gasteiger partial charge in [-0.05, 0) is 37.1 Å². The molecular formula is C21H27N3O5S. The SMILES string of the molecule is COCCC1(NS(=O)(=O)c2ccccc2)CCN(C(=O)Nc2cccc(OC)c2)C1. The molecule has 0 saturated carbocycles. The number of amides is 2. The molecule has 1 saturated heterocycles. The van der Waals surface area contributed by atoms with Crippen molar-refractivity contribution in [1.29, 1.82) is 0 Å². The van der Waals surface area contributed by atoms with E-state index in [-0.39, 0.29) is 17.5 Å². The van der Waals surface area contributed by atoms with E-state index < -0.39 is 15.6 Å². The fraction of sp³-hybridized carbons (Fsp3) is 0.381. The summed E-state index contributed by atoms with van der Waals surface area (Å²) in [4.78, 5) is 14.6. The van der Waals surface area contributed by atoms with Crippen LogP contribution in [-0.4, -0.2) is 58.8 Å². The molecule has 2 N–H and O–H groups in total. The number of ether oxygens (including phenoxy) is 2. The fourth-order valence-electron chi connectivity index (χ4n) is 3.53. The van der Waals surface area contributed by atoms with Gasteiger partial charge in [0, 0.05) is 38.6 Å². The summed E-state index contributed by atoms with van der Waals surface area (Å²) in [5, 5.41) is 2.85. The number of methoxy groups -OCH3 is 2. The second-order valence-corrected chi connectivity index (χ2v) is 8.96. The van der Waals surface area contributed by atoms with E-state index in [4.69, 9.17) is 9.47 Å². The fourth-order valence-corrected chi connectivity index (χ4v) is 5.00. The van der Waals surface area contributed by atoms with Crippen molar-refractivity contribution >= 4 is 21.7 Å². The molecule has 0 aliphatic carbocycles. The number of nitrogens with zero attached hydrogens (tertiary/aromatic N) is 1. The number of likely N-dealkylation sites (tertiary alicyclic amines) is 1.